The van der Waals surface area contributed by atoms with E-state index in [1.807, 2.05) is 0 Å². The van der Waals surface area contributed by atoms with Gasteiger partial charge in [0.05, 0.1) is 12.0 Å². The number of hydrogen-bond acceptors (Lipinski definition) is 5. The summed E-state index contributed by atoms with van der Waals surface area (Å²) in [5.41, 5.74) is 0.669. The number of carbonyl (C=O) groups excluding carboxylic acids is 1. The number of ether oxygens (including phenoxy) is 2. The van der Waals surface area contributed by atoms with Gasteiger partial charge < -0.3 is 9.47 Å². The SMILES string of the molecule is COc1ccccc1COC(=O)CN(C)S(=O)(=O)c1ccc(F)cc1. The van der Waals surface area contributed by atoms with Crippen molar-refractivity contribution in [3.63, 3.8) is 0 Å². The monoisotopic (exact) mass is 367 g/mol. The highest BCUT2D eigenvalue weighted by atomic mass is 32.2. The molecule has 0 aliphatic rings. The van der Waals surface area contributed by atoms with Gasteiger partial charge in [-0.2, -0.15) is 4.31 Å². The van der Waals surface area contributed by atoms with Crippen LogP contribution in [0, 0.1) is 5.82 Å². The third kappa shape index (κ3) is 4.77. The normalized spacial score (nSPS) is 11.4. The highest BCUT2D eigenvalue weighted by Crippen LogP contribution is 2.18. The van der Waals surface area contributed by atoms with E-state index in [9.17, 15) is 17.6 Å². The van der Waals surface area contributed by atoms with Gasteiger partial charge in [0.25, 0.3) is 0 Å². The molecule has 0 aliphatic carbocycles. The number of esters is 1. The van der Waals surface area contributed by atoms with Crippen LogP contribution in [0.15, 0.2) is 53.4 Å². The number of benzene rings is 2. The largest absolute Gasteiger partial charge is 0.496 e. The Bertz CT molecular complexity index is 836. The van der Waals surface area contributed by atoms with Crippen LogP contribution >= 0.6 is 0 Å². The molecule has 0 spiro atoms. The molecule has 0 atom stereocenters. The lowest BCUT2D eigenvalue weighted by Crippen LogP contribution is -2.33. The predicted octanol–water partition coefficient (Wildman–Crippen LogP) is 2.20. The zero-order valence-corrected chi connectivity index (χ0v) is 14.6. The maximum atomic E-state index is 12.9. The topological polar surface area (TPSA) is 72.9 Å². The average molecular weight is 367 g/mol. The molecule has 8 heteroatoms. The van der Waals surface area contributed by atoms with Crippen LogP contribution in [0.2, 0.25) is 0 Å². The van der Waals surface area contributed by atoms with E-state index in [2.05, 4.69) is 0 Å². The van der Waals surface area contributed by atoms with Crippen molar-refractivity contribution in [2.75, 3.05) is 20.7 Å². The van der Waals surface area contributed by atoms with E-state index >= 15 is 0 Å². The van der Waals surface area contributed by atoms with Crippen molar-refractivity contribution in [1.29, 1.82) is 0 Å². The second-order valence-corrected chi connectivity index (χ2v) is 7.23. The van der Waals surface area contributed by atoms with Gasteiger partial charge in [-0.3, -0.25) is 4.79 Å². The van der Waals surface area contributed by atoms with Crippen LogP contribution < -0.4 is 4.74 Å². The molecular formula is C17H18FNO5S. The summed E-state index contributed by atoms with van der Waals surface area (Å²) >= 11 is 0. The molecule has 6 nitrogen and oxygen atoms in total. The molecule has 0 aromatic heterocycles. The molecule has 0 N–H and O–H groups in total. The van der Waals surface area contributed by atoms with Gasteiger partial charge in [0.1, 0.15) is 24.7 Å². The first-order valence-electron chi connectivity index (χ1n) is 7.34. The molecule has 0 aliphatic heterocycles. The van der Waals surface area contributed by atoms with Gasteiger partial charge in [-0.15, -0.1) is 0 Å². The van der Waals surface area contributed by atoms with E-state index in [-0.39, 0.29) is 11.5 Å². The van der Waals surface area contributed by atoms with E-state index in [0.29, 0.717) is 11.3 Å². The van der Waals surface area contributed by atoms with E-state index in [1.165, 1.54) is 14.2 Å². The van der Waals surface area contributed by atoms with Crippen molar-refractivity contribution in [3.8, 4) is 5.75 Å². The summed E-state index contributed by atoms with van der Waals surface area (Å²) in [4.78, 5) is 11.8. The van der Waals surface area contributed by atoms with Gasteiger partial charge in [-0.05, 0) is 30.3 Å². The van der Waals surface area contributed by atoms with Crippen LogP contribution in [0.4, 0.5) is 4.39 Å². The highest BCUT2D eigenvalue weighted by molar-refractivity contribution is 7.89. The third-order valence-corrected chi connectivity index (χ3v) is 5.27. The molecule has 0 saturated carbocycles. The quantitative estimate of drug-likeness (QED) is 0.702. The number of rotatable bonds is 7. The molecule has 0 bridgehead atoms. The van der Waals surface area contributed by atoms with Gasteiger partial charge >= 0.3 is 5.97 Å². The van der Waals surface area contributed by atoms with Crippen molar-refractivity contribution in [3.05, 3.63) is 59.9 Å². The molecule has 0 saturated heterocycles. The minimum atomic E-state index is -3.91. The molecule has 134 valence electrons. The molecular weight excluding hydrogens is 349 g/mol. The Morgan fingerprint density at radius 1 is 1.12 bits per heavy atom. The predicted molar refractivity (Wildman–Crippen MR) is 89.0 cm³/mol. The summed E-state index contributed by atoms with van der Waals surface area (Å²) in [6, 6.07) is 11.4. The summed E-state index contributed by atoms with van der Waals surface area (Å²) in [7, 11) is -1.15. The minimum Gasteiger partial charge on any atom is -0.496 e. The van der Waals surface area contributed by atoms with Crippen molar-refractivity contribution in [1.82, 2.24) is 4.31 Å². The summed E-state index contributed by atoms with van der Waals surface area (Å²) < 4.78 is 48.7. The second-order valence-electron chi connectivity index (χ2n) is 5.19. The number of hydrogen-bond donors (Lipinski definition) is 0. The molecule has 25 heavy (non-hydrogen) atoms. The smallest absolute Gasteiger partial charge is 0.321 e. The van der Waals surface area contributed by atoms with Crippen molar-refractivity contribution >= 4 is 16.0 Å². The lowest BCUT2D eigenvalue weighted by Gasteiger charge is -2.16. The Hall–Kier alpha value is -2.45. The number of sulfonamides is 1. The Balaban J connectivity index is 1.98. The first-order chi connectivity index (χ1) is 11.8. The number of carbonyl (C=O) groups is 1. The zero-order valence-electron chi connectivity index (χ0n) is 13.8. The van der Waals surface area contributed by atoms with Crippen LogP contribution in [-0.4, -0.2) is 39.4 Å². The average Bonchev–Trinajstić information content (AvgIpc) is 2.60. The first-order valence-corrected chi connectivity index (χ1v) is 8.78. The van der Waals surface area contributed by atoms with Gasteiger partial charge in [0.2, 0.25) is 10.0 Å². The number of methoxy groups -OCH3 is 1. The second kappa shape index (κ2) is 8.09. The van der Waals surface area contributed by atoms with Crippen LogP contribution in [0.5, 0.6) is 5.75 Å². The van der Waals surface area contributed by atoms with Crippen LogP contribution in [0.25, 0.3) is 0 Å². The number of para-hydroxylation sites is 1. The first kappa shape index (κ1) is 18.9. The Labute approximate surface area is 145 Å². The molecule has 0 unspecified atom stereocenters. The summed E-state index contributed by atoms with van der Waals surface area (Å²) in [6.45, 7) is -0.498. The fourth-order valence-corrected chi connectivity index (χ4v) is 3.19. The summed E-state index contributed by atoms with van der Waals surface area (Å²) in [5.74, 6) is -0.681. The minimum absolute atomic E-state index is 0.0344. The number of halogens is 1. The van der Waals surface area contributed by atoms with Crippen molar-refractivity contribution in [2.45, 2.75) is 11.5 Å². The summed E-state index contributed by atoms with van der Waals surface area (Å²) in [5, 5.41) is 0. The number of nitrogens with zero attached hydrogens (tertiary/aromatic N) is 1. The standard InChI is InChI=1S/C17H18FNO5S/c1-19(25(21,22)15-9-7-14(18)8-10-15)11-17(20)24-12-13-5-3-4-6-16(13)23-2/h3-10H,11-12H2,1-2H3. The Morgan fingerprint density at radius 2 is 1.76 bits per heavy atom. The van der Waals surface area contributed by atoms with E-state index in [0.717, 1.165) is 28.6 Å². The lowest BCUT2D eigenvalue weighted by molar-refractivity contribution is -0.144. The van der Waals surface area contributed by atoms with Gasteiger partial charge in [-0.25, -0.2) is 12.8 Å². The maximum absolute atomic E-state index is 12.9. The fraction of sp³-hybridized carbons (Fsp3) is 0.235. The summed E-state index contributed by atoms with van der Waals surface area (Å²) in [6.07, 6.45) is 0. The zero-order chi connectivity index (χ0) is 18.4. The lowest BCUT2D eigenvalue weighted by atomic mass is 10.2. The van der Waals surface area contributed by atoms with Crippen molar-refractivity contribution < 1.29 is 27.1 Å². The maximum Gasteiger partial charge on any atom is 0.321 e. The Kier molecular flexibility index (Phi) is 6.11. The molecule has 0 amide bonds. The van der Waals surface area contributed by atoms with Crippen LogP contribution in [0.1, 0.15) is 5.56 Å². The van der Waals surface area contributed by atoms with Crippen molar-refractivity contribution in [2.24, 2.45) is 0 Å². The van der Waals surface area contributed by atoms with E-state index in [1.54, 1.807) is 24.3 Å². The highest BCUT2D eigenvalue weighted by Gasteiger charge is 2.23. The van der Waals surface area contributed by atoms with Gasteiger partial charge in [0, 0.05) is 12.6 Å². The fourth-order valence-electron chi connectivity index (χ4n) is 2.08. The van der Waals surface area contributed by atoms with Crippen LogP contribution in [-0.2, 0) is 26.2 Å². The molecule has 2 aromatic carbocycles. The van der Waals surface area contributed by atoms with Gasteiger partial charge in [0.15, 0.2) is 0 Å². The van der Waals surface area contributed by atoms with E-state index in [4.69, 9.17) is 9.47 Å². The third-order valence-electron chi connectivity index (χ3n) is 3.45. The van der Waals surface area contributed by atoms with Gasteiger partial charge in [-0.1, -0.05) is 18.2 Å². The molecule has 0 radical (unpaired) electrons. The number of likely N-dealkylation sites (N-methyl/N-ethyl adjacent to an activating group) is 1. The molecule has 0 heterocycles. The Morgan fingerprint density at radius 3 is 2.40 bits per heavy atom. The van der Waals surface area contributed by atoms with E-state index < -0.39 is 28.4 Å². The molecule has 0 fully saturated rings. The molecule has 2 aromatic rings. The molecule has 2 rings (SSSR count). The van der Waals surface area contributed by atoms with Crippen LogP contribution in [0.3, 0.4) is 0 Å².